The second-order valence-corrected chi connectivity index (χ2v) is 10.3. The first-order valence-electron chi connectivity index (χ1n) is 11.0. The van der Waals surface area contributed by atoms with Crippen LogP contribution < -0.4 is 0 Å². The Morgan fingerprint density at radius 2 is 1.90 bits per heavy atom. The second kappa shape index (κ2) is 9.75. The van der Waals surface area contributed by atoms with Crippen LogP contribution in [0.4, 0.5) is 0 Å². The van der Waals surface area contributed by atoms with Gasteiger partial charge in [0.1, 0.15) is 0 Å². The van der Waals surface area contributed by atoms with Crippen LogP contribution in [0.1, 0.15) is 49.0 Å². The molecule has 0 saturated carbocycles. The minimum Gasteiger partial charge on any atom is -0.317 e. The molecule has 0 aliphatic carbocycles. The van der Waals surface area contributed by atoms with Crippen LogP contribution >= 0.6 is 0 Å². The Morgan fingerprint density at radius 1 is 1.06 bits per heavy atom. The number of hydrogen-bond donors (Lipinski definition) is 0. The van der Waals surface area contributed by atoms with E-state index in [4.69, 9.17) is 0 Å². The Hall–Kier alpha value is -2.51. The van der Waals surface area contributed by atoms with Crippen molar-refractivity contribution < 1.29 is 8.42 Å². The molecular weight excluding hydrogens is 408 g/mol. The van der Waals surface area contributed by atoms with E-state index in [0.717, 1.165) is 31.5 Å². The summed E-state index contributed by atoms with van der Waals surface area (Å²) < 4.78 is 27.4. The Bertz CT molecular complexity index is 1080. The van der Waals surface area contributed by atoms with Crippen molar-refractivity contribution in [3.05, 3.63) is 77.9 Å². The third-order valence-electron chi connectivity index (χ3n) is 6.07. The molecule has 164 valence electrons. The van der Waals surface area contributed by atoms with Crippen molar-refractivity contribution in [2.75, 3.05) is 12.3 Å². The van der Waals surface area contributed by atoms with Gasteiger partial charge in [0.05, 0.1) is 17.6 Å². The molecule has 1 aliphatic heterocycles. The van der Waals surface area contributed by atoms with Crippen LogP contribution in [0.3, 0.4) is 0 Å². The van der Waals surface area contributed by atoms with Crippen LogP contribution in [0.5, 0.6) is 0 Å². The van der Waals surface area contributed by atoms with Gasteiger partial charge in [-0.25, -0.2) is 13.4 Å². The summed E-state index contributed by atoms with van der Waals surface area (Å²) in [7, 11) is -3.40. The van der Waals surface area contributed by atoms with E-state index < -0.39 is 9.84 Å². The lowest BCUT2D eigenvalue weighted by atomic mass is 9.96. The van der Waals surface area contributed by atoms with Gasteiger partial charge in [0, 0.05) is 31.5 Å². The number of likely N-dealkylation sites (tertiary alicyclic amines) is 1. The van der Waals surface area contributed by atoms with Crippen LogP contribution in [0, 0.1) is 0 Å². The van der Waals surface area contributed by atoms with E-state index in [2.05, 4.69) is 33.1 Å². The molecule has 0 radical (unpaired) electrons. The predicted octanol–water partition coefficient (Wildman–Crippen LogP) is 4.04. The number of hydrogen-bond acceptors (Lipinski definition) is 5. The highest BCUT2D eigenvalue weighted by molar-refractivity contribution is 7.91. The molecule has 0 N–H and O–H groups in total. The second-order valence-electron chi connectivity index (χ2n) is 8.09. The van der Waals surface area contributed by atoms with Crippen LogP contribution in [0.25, 0.3) is 0 Å². The van der Waals surface area contributed by atoms with Gasteiger partial charge < -0.3 is 4.57 Å². The lowest BCUT2D eigenvalue weighted by Gasteiger charge is -2.36. The van der Waals surface area contributed by atoms with E-state index in [1.807, 2.05) is 35.0 Å². The largest absolute Gasteiger partial charge is 0.317 e. The molecule has 1 fully saturated rings. The van der Waals surface area contributed by atoms with Crippen molar-refractivity contribution >= 4 is 9.84 Å². The van der Waals surface area contributed by atoms with Crippen LogP contribution in [-0.4, -0.2) is 40.2 Å². The molecule has 0 spiro atoms. The highest BCUT2D eigenvalue weighted by Gasteiger charge is 2.27. The van der Waals surface area contributed by atoms with Gasteiger partial charge in [0.2, 0.25) is 15.0 Å². The van der Waals surface area contributed by atoms with Crippen LogP contribution in [0.15, 0.2) is 66.2 Å². The van der Waals surface area contributed by atoms with E-state index in [0.29, 0.717) is 19.1 Å². The number of piperidine rings is 1. The summed E-state index contributed by atoms with van der Waals surface area (Å²) in [5.41, 5.74) is 3.37. The van der Waals surface area contributed by atoms with E-state index >= 15 is 0 Å². The summed E-state index contributed by atoms with van der Waals surface area (Å²) in [6.45, 7) is 3.94. The number of aryl methyl sites for hydroxylation is 1. The molecule has 3 heterocycles. The first-order valence-corrected chi connectivity index (χ1v) is 12.7. The molecule has 1 aliphatic rings. The highest BCUT2D eigenvalue weighted by Crippen LogP contribution is 2.32. The normalized spacial score (nSPS) is 17.6. The summed E-state index contributed by atoms with van der Waals surface area (Å²) in [5.74, 6) is 0.0524. The van der Waals surface area contributed by atoms with E-state index in [1.54, 1.807) is 19.3 Å². The third-order valence-corrected chi connectivity index (χ3v) is 7.72. The van der Waals surface area contributed by atoms with Gasteiger partial charge in [-0.1, -0.05) is 49.7 Å². The Labute approximate surface area is 184 Å². The number of pyridine rings is 1. The summed E-state index contributed by atoms with van der Waals surface area (Å²) in [6.07, 6.45) is 9.70. The summed E-state index contributed by atoms with van der Waals surface area (Å²) in [6, 6.07) is 14.6. The lowest BCUT2D eigenvalue weighted by Crippen LogP contribution is -2.34. The molecule has 1 saturated heterocycles. The van der Waals surface area contributed by atoms with Crippen molar-refractivity contribution in [1.29, 1.82) is 0 Å². The molecule has 1 unspecified atom stereocenters. The van der Waals surface area contributed by atoms with E-state index in [-0.39, 0.29) is 10.9 Å². The maximum absolute atomic E-state index is 12.7. The molecule has 1 atom stereocenters. The van der Waals surface area contributed by atoms with Gasteiger partial charge in [0.15, 0.2) is 0 Å². The summed E-state index contributed by atoms with van der Waals surface area (Å²) in [5, 5.41) is 0.191. The number of imidazole rings is 1. The molecular formula is C24H30N4O2S. The van der Waals surface area contributed by atoms with Gasteiger partial charge in [0.25, 0.3) is 0 Å². The molecule has 0 bridgehead atoms. The first kappa shape index (κ1) is 21.7. The zero-order chi connectivity index (χ0) is 21.7. The SMILES string of the molecule is CCS(=O)(=O)c1ncc(CN2CCCCC2c2cccnc2)n1CCc1ccccc1. The highest BCUT2D eigenvalue weighted by atomic mass is 32.2. The average molecular weight is 439 g/mol. The minimum absolute atomic E-state index is 0.0524. The fourth-order valence-corrected chi connectivity index (χ4v) is 5.37. The van der Waals surface area contributed by atoms with E-state index in [9.17, 15) is 8.42 Å². The fraction of sp³-hybridized carbons (Fsp3) is 0.417. The molecule has 3 aromatic rings. The van der Waals surface area contributed by atoms with Crippen molar-refractivity contribution in [3.63, 3.8) is 0 Å². The molecule has 7 heteroatoms. The number of nitrogens with zero attached hydrogens (tertiary/aromatic N) is 4. The maximum Gasteiger partial charge on any atom is 0.227 e. The molecule has 4 rings (SSSR count). The van der Waals surface area contributed by atoms with Gasteiger partial charge in [-0.15, -0.1) is 0 Å². The van der Waals surface area contributed by atoms with Crippen molar-refractivity contribution in [3.8, 4) is 0 Å². The van der Waals surface area contributed by atoms with E-state index in [1.165, 1.54) is 17.5 Å². The minimum atomic E-state index is -3.40. The maximum atomic E-state index is 12.7. The number of aromatic nitrogens is 3. The molecule has 31 heavy (non-hydrogen) atoms. The van der Waals surface area contributed by atoms with Gasteiger partial charge in [-0.3, -0.25) is 9.88 Å². The Morgan fingerprint density at radius 3 is 2.65 bits per heavy atom. The Kier molecular flexibility index (Phi) is 6.83. The summed E-state index contributed by atoms with van der Waals surface area (Å²) >= 11 is 0. The van der Waals surface area contributed by atoms with Crippen molar-refractivity contribution in [2.24, 2.45) is 0 Å². The standard InChI is InChI=1S/C24H30N4O2S/c1-2-31(29,30)24-26-18-22(28(24)16-13-20-9-4-3-5-10-20)19-27-15-7-6-12-23(27)21-11-8-14-25-17-21/h3-5,8-11,14,17-18,23H,2,6-7,12-13,15-16,19H2,1H3. The predicted molar refractivity (Wildman–Crippen MR) is 121 cm³/mol. The monoisotopic (exact) mass is 438 g/mol. The van der Waals surface area contributed by atoms with Gasteiger partial charge >= 0.3 is 0 Å². The lowest BCUT2D eigenvalue weighted by molar-refractivity contribution is 0.136. The topological polar surface area (TPSA) is 68.1 Å². The molecule has 6 nitrogen and oxygen atoms in total. The first-order chi connectivity index (χ1) is 15.1. The molecule has 0 amide bonds. The molecule has 1 aromatic carbocycles. The molecule has 2 aromatic heterocycles. The van der Waals surface area contributed by atoms with Crippen molar-refractivity contribution in [2.45, 2.75) is 56.9 Å². The third kappa shape index (κ3) is 5.05. The zero-order valence-electron chi connectivity index (χ0n) is 18.0. The fourth-order valence-electron chi connectivity index (χ4n) is 4.36. The van der Waals surface area contributed by atoms with Crippen molar-refractivity contribution in [1.82, 2.24) is 19.4 Å². The summed E-state index contributed by atoms with van der Waals surface area (Å²) in [4.78, 5) is 11.1. The van der Waals surface area contributed by atoms with Crippen LogP contribution in [0.2, 0.25) is 0 Å². The van der Waals surface area contributed by atoms with Gasteiger partial charge in [-0.05, 0) is 43.0 Å². The smallest absolute Gasteiger partial charge is 0.227 e. The number of rotatable bonds is 8. The number of benzene rings is 1. The number of sulfone groups is 1. The van der Waals surface area contributed by atoms with Gasteiger partial charge in [-0.2, -0.15) is 0 Å². The average Bonchev–Trinajstić information content (AvgIpc) is 3.22. The zero-order valence-corrected chi connectivity index (χ0v) is 18.8. The Balaban J connectivity index is 1.62. The quantitative estimate of drug-likeness (QED) is 0.531. The van der Waals surface area contributed by atoms with Crippen LogP contribution in [-0.2, 0) is 29.3 Å².